The van der Waals surface area contributed by atoms with Gasteiger partial charge in [0.25, 0.3) is 0 Å². The lowest BCUT2D eigenvalue weighted by atomic mass is 10.0. The van der Waals surface area contributed by atoms with Gasteiger partial charge in [0.2, 0.25) is 0 Å². The highest BCUT2D eigenvalue weighted by Crippen LogP contribution is 2.30. The number of halogens is 1. The maximum Gasteiger partial charge on any atom is 0.145 e. The van der Waals surface area contributed by atoms with Crippen molar-refractivity contribution in [1.82, 2.24) is 10.3 Å². The summed E-state index contributed by atoms with van der Waals surface area (Å²) in [6.45, 7) is 6.29. The maximum absolute atomic E-state index is 6.08. The zero-order valence-corrected chi connectivity index (χ0v) is 14.1. The van der Waals surface area contributed by atoms with E-state index < -0.39 is 0 Å². The molecule has 2 N–H and O–H groups in total. The molecule has 1 heterocycles. The van der Waals surface area contributed by atoms with Gasteiger partial charge in [-0.25, -0.2) is 4.63 Å². The Bertz CT molecular complexity index is 613. The molecule has 6 heteroatoms. The van der Waals surface area contributed by atoms with Gasteiger partial charge in [-0.1, -0.05) is 33.2 Å². The van der Waals surface area contributed by atoms with Crippen molar-refractivity contribution in [2.45, 2.75) is 46.3 Å². The fourth-order valence-electron chi connectivity index (χ4n) is 2.11. The van der Waals surface area contributed by atoms with Crippen molar-refractivity contribution in [3.05, 3.63) is 39.1 Å². The number of ether oxygens (including phenoxy) is 1. The topological polar surface area (TPSA) is 74.2 Å². The molecule has 5 nitrogen and oxygen atoms in total. The predicted molar refractivity (Wildman–Crippen MR) is 84.2 cm³/mol. The van der Waals surface area contributed by atoms with Gasteiger partial charge in [-0.2, -0.15) is 0 Å². The van der Waals surface area contributed by atoms with Crippen LogP contribution in [0.2, 0.25) is 0 Å². The largest absolute Gasteiger partial charge is 0.487 e. The van der Waals surface area contributed by atoms with E-state index in [2.05, 4.69) is 43.9 Å². The van der Waals surface area contributed by atoms with Crippen molar-refractivity contribution in [3.8, 4) is 5.75 Å². The molecule has 0 fully saturated rings. The Labute approximate surface area is 133 Å². The van der Waals surface area contributed by atoms with Crippen molar-refractivity contribution in [2.24, 2.45) is 5.73 Å². The quantitative estimate of drug-likeness (QED) is 0.862. The van der Waals surface area contributed by atoms with Crippen LogP contribution in [0.3, 0.4) is 0 Å². The third kappa shape index (κ3) is 4.04. The van der Waals surface area contributed by atoms with Crippen LogP contribution >= 0.6 is 15.9 Å². The van der Waals surface area contributed by atoms with Crippen molar-refractivity contribution in [2.75, 3.05) is 0 Å². The number of aryl methyl sites for hydroxylation is 2. The second-order valence-corrected chi connectivity index (χ2v) is 6.08. The van der Waals surface area contributed by atoms with E-state index in [1.165, 1.54) is 0 Å². The molecule has 21 heavy (non-hydrogen) atoms. The first-order valence-electron chi connectivity index (χ1n) is 6.96. The molecule has 0 saturated heterocycles. The Kier molecular flexibility index (Phi) is 5.36. The van der Waals surface area contributed by atoms with Gasteiger partial charge in [0.1, 0.15) is 23.7 Å². The molecule has 0 aliphatic heterocycles. The summed E-state index contributed by atoms with van der Waals surface area (Å²) in [6, 6.07) is 4.21. The van der Waals surface area contributed by atoms with E-state index >= 15 is 0 Å². The van der Waals surface area contributed by atoms with Crippen LogP contribution in [0.4, 0.5) is 0 Å². The average molecular weight is 354 g/mol. The van der Waals surface area contributed by atoms with Crippen molar-refractivity contribution in [3.63, 3.8) is 0 Å². The summed E-state index contributed by atoms with van der Waals surface area (Å²) < 4.78 is 11.7. The minimum Gasteiger partial charge on any atom is -0.487 e. The Morgan fingerprint density at radius 1 is 1.33 bits per heavy atom. The standard InChI is InChI=1S/C15H20BrN3O2/c1-4-13(17)7-11-6-12(16)5-9(2)15(11)20-8-14-10(3)18-21-19-14/h5-6,13H,4,7-8,17H2,1-3H3. The molecule has 0 spiro atoms. The lowest BCUT2D eigenvalue weighted by Gasteiger charge is -2.17. The average Bonchev–Trinajstić information content (AvgIpc) is 2.83. The molecule has 2 rings (SSSR count). The van der Waals surface area contributed by atoms with E-state index in [0.717, 1.165) is 39.9 Å². The van der Waals surface area contributed by atoms with Gasteiger partial charge in [0.15, 0.2) is 0 Å². The first-order valence-corrected chi connectivity index (χ1v) is 7.76. The number of aromatic nitrogens is 2. The Balaban J connectivity index is 2.22. The number of hydrogen-bond donors (Lipinski definition) is 1. The van der Waals surface area contributed by atoms with Crippen LogP contribution in [0.15, 0.2) is 21.2 Å². The SMILES string of the molecule is CCC(N)Cc1cc(Br)cc(C)c1OCc1nonc1C. The molecule has 2 aromatic rings. The monoisotopic (exact) mass is 353 g/mol. The van der Waals surface area contributed by atoms with Crippen LogP contribution < -0.4 is 10.5 Å². The molecule has 1 aromatic heterocycles. The molecular formula is C15H20BrN3O2. The van der Waals surface area contributed by atoms with Crippen LogP contribution in [-0.2, 0) is 13.0 Å². The van der Waals surface area contributed by atoms with Crippen molar-refractivity contribution >= 4 is 15.9 Å². The number of nitrogens with zero attached hydrogens (tertiary/aromatic N) is 2. The van der Waals surface area contributed by atoms with E-state index in [1.54, 1.807) is 0 Å². The van der Waals surface area contributed by atoms with E-state index in [4.69, 9.17) is 10.5 Å². The zero-order chi connectivity index (χ0) is 15.4. The lowest BCUT2D eigenvalue weighted by molar-refractivity contribution is 0.267. The molecule has 0 aliphatic rings. The van der Waals surface area contributed by atoms with Gasteiger partial charge in [-0.3, -0.25) is 0 Å². The summed E-state index contributed by atoms with van der Waals surface area (Å²) in [5, 5.41) is 7.60. The Morgan fingerprint density at radius 2 is 2.10 bits per heavy atom. The van der Waals surface area contributed by atoms with Crippen LogP contribution in [0, 0.1) is 13.8 Å². The molecule has 0 bridgehead atoms. The normalized spacial score (nSPS) is 12.4. The van der Waals surface area contributed by atoms with Crippen LogP contribution in [0.5, 0.6) is 5.75 Å². The van der Waals surface area contributed by atoms with Crippen LogP contribution in [0.25, 0.3) is 0 Å². The molecule has 0 amide bonds. The number of benzene rings is 1. The molecule has 0 saturated carbocycles. The summed E-state index contributed by atoms with van der Waals surface area (Å²) in [5.41, 5.74) is 9.71. The van der Waals surface area contributed by atoms with Crippen molar-refractivity contribution < 1.29 is 9.37 Å². The summed E-state index contributed by atoms with van der Waals surface area (Å²) in [5.74, 6) is 0.865. The highest BCUT2D eigenvalue weighted by Gasteiger charge is 2.14. The first-order chi connectivity index (χ1) is 10.0. The van der Waals surface area contributed by atoms with Gasteiger partial charge in [-0.15, -0.1) is 0 Å². The fourth-order valence-corrected chi connectivity index (χ4v) is 2.72. The van der Waals surface area contributed by atoms with E-state index in [9.17, 15) is 0 Å². The fraction of sp³-hybridized carbons (Fsp3) is 0.467. The maximum atomic E-state index is 6.08. The third-order valence-electron chi connectivity index (χ3n) is 3.42. The smallest absolute Gasteiger partial charge is 0.145 e. The Morgan fingerprint density at radius 3 is 2.71 bits per heavy atom. The van der Waals surface area contributed by atoms with Gasteiger partial charge in [0.05, 0.1) is 0 Å². The van der Waals surface area contributed by atoms with Gasteiger partial charge in [0, 0.05) is 10.5 Å². The number of nitrogens with two attached hydrogens (primary N) is 1. The zero-order valence-electron chi connectivity index (χ0n) is 12.5. The second-order valence-electron chi connectivity index (χ2n) is 5.17. The Hall–Kier alpha value is -1.40. The van der Waals surface area contributed by atoms with Gasteiger partial charge < -0.3 is 10.5 Å². The summed E-state index contributed by atoms with van der Waals surface area (Å²) in [4.78, 5) is 0. The molecule has 114 valence electrons. The van der Waals surface area contributed by atoms with Crippen LogP contribution in [0.1, 0.15) is 35.9 Å². The molecule has 1 atom stereocenters. The highest BCUT2D eigenvalue weighted by molar-refractivity contribution is 9.10. The third-order valence-corrected chi connectivity index (χ3v) is 3.88. The molecular weight excluding hydrogens is 334 g/mol. The molecule has 1 aromatic carbocycles. The second kappa shape index (κ2) is 7.04. The predicted octanol–water partition coefficient (Wildman–Crippen LogP) is 3.31. The van der Waals surface area contributed by atoms with Crippen molar-refractivity contribution in [1.29, 1.82) is 0 Å². The molecule has 0 aliphatic carbocycles. The van der Waals surface area contributed by atoms with E-state index in [0.29, 0.717) is 12.3 Å². The summed E-state index contributed by atoms with van der Waals surface area (Å²) in [6.07, 6.45) is 1.71. The first kappa shape index (κ1) is 16.0. The highest BCUT2D eigenvalue weighted by atomic mass is 79.9. The van der Waals surface area contributed by atoms with Crippen LogP contribution in [-0.4, -0.2) is 16.4 Å². The van der Waals surface area contributed by atoms with Gasteiger partial charge >= 0.3 is 0 Å². The lowest BCUT2D eigenvalue weighted by Crippen LogP contribution is -2.22. The minimum atomic E-state index is 0.122. The van der Waals surface area contributed by atoms with Gasteiger partial charge in [-0.05, 0) is 49.9 Å². The number of rotatable bonds is 6. The van der Waals surface area contributed by atoms with E-state index in [1.807, 2.05) is 19.9 Å². The summed E-state index contributed by atoms with van der Waals surface area (Å²) >= 11 is 3.53. The van der Waals surface area contributed by atoms with E-state index in [-0.39, 0.29) is 6.04 Å². The molecule has 1 unspecified atom stereocenters. The minimum absolute atomic E-state index is 0.122. The number of hydrogen-bond acceptors (Lipinski definition) is 5. The molecule has 0 radical (unpaired) electrons. The summed E-state index contributed by atoms with van der Waals surface area (Å²) in [7, 11) is 0.